The molecule has 2 aromatic carbocycles. The molecule has 0 aliphatic carbocycles. The normalized spacial score (nSPS) is 10.8. The van der Waals surface area contributed by atoms with Crippen LogP contribution in [0.15, 0.2) is 75.8 Å². The maximum absolute atomic E-state index is 13.9. The lowest BCUT2D eigenvalue weighted by Gasteiger charge is -2.06. The number of rotatable bonds is 7. The highest BCUT2D eigenvalue weighted by Gasteiger charge is 2.14. The third-order valence-electron chi connectivity index (χ3n) is 4.34. The number of furan rings is 1. The topological polar surface area (TPSA) is 69.3 Å². The van der Waals surface area contributed by atoms with Gasteiger partial charge in [0, 0.05) is 27.3 Å². The average Bonchev–Trinajstić information content (AvgIpc) is 3.40. The number of ether oxygens (including phenoxy) is 1. The lowest BCUT2D eigenvalue weighted by atomic mass is 10.2. The van der Waals surface area contributed by atoms with Crippen LogP contribution >= 0.6 is 27.5 Å². The van der Waals surface area contributed by atoms with Gasteiger partial charge in [-0.15, -0.1) is 0 Å². The minimum atomic E-state index is -0.455. The zero-order chi connectivity index (χ0) is 21.8. The molecule has 0 aliphatic heterocycles. The van der Waals surface area contributed by atoms with E-state index in [4.69, 9.17) is 20.8 Å². The molecule has 158 valence electrons. The Kier molecular flexibility index (Phi) is 6.39. The van der Waals surface area contributed by atoms with Gasteiger partial charge in [0.25, 0.3) is 5.91 Å². The van der Waals surface area contributed by atoms with E-state index in [1.165, 1.54) is 16.8 Å². The number of aromatic nitrogens is 2. The Morgan fingerprint density at radius 2 is 1.97 bits per heavy atom. The van der Waals surface area contributed by atoms with Crippen LogP contribution in [0.3, 0.4) is 0 Å². The van der Waals surface area contributed by atoms with Crippen LogP contribution in [0.1, 0.15) is 21.9 Å². The second-order valence-electron chi connectivity index (χ2n) is 6.56. The molecule has 0 bridgehead atoms. The summed E-state index contributed by atoms with van der Waals surface area (Å²) in [5.74, 6) is 0.757. The summed E-state index contributed by atoms with van der Waals surface area (Å²) in [7, 11) is 0. The largest absolute Gasteiger partial charge is 0.486 e. The average molecular weight is 505 g/mol. The van der Waals surface area contributed by atoms with Crippen molar-refractivity contribution in [3.8, 4) is 5.75 Å². The van der Waals surface area contributed by atoms with Gasteiger partial charge >= 0.3 is 0 Å². The predicted molar refractivity (Wildman–Crippen MR) is 118 cm³/mol. The summed E-state index contributed by atoms with van der Waals surface area (Å²) in [5, 5.41) is 7.20. The number of benzene rings is 2. The zero-order valence-electron chi connectivity index (χ0n) is 16.0. The van der Waals surface area contributed by atoms with Crippen LogP contribution in [0.4, 0.5) is 10.2 Å². The summed E-state index contributed by atoms with van der Waals surface area (Å²) in [4.78, 5) is 12.4. The lowest BCUT2D eigenvalue weighted by molar-refractivity contribution is 0.0992. The fourth-order valence-electron chi connectivity index (χ4n) is 2.80. The first-order valence-corrected chi connectivity index (χ1v) is 10.4. The van der Waals surface area contributed by atoms with E-state index in [-0.39, 0.29) is 18.9 Å². The van der Waals surface area contributed by atoms with Gasteiger partial charge in [0.1, 0.15) is 23.9 Å². The first kappa shape index (κ1) is 21.1. The van der Waals surface area contributed by atoms with Crippen molar-refractivity contribution in [1.29, 1.82) is 0 Å². The second kappa shape index (κ2) is 9.36. The molecule has 4 aromatic rings. The molecule has 31 heavy (non-hydrogen) atoms. The smallest absolute Gasteiger partial charge is 0.292 e. The number of hydrogen-bond donors (Lipinski definition) is 1. The molecule has 0 saturated carbocycles. The van der Waals surface area contributed by atoms with Crippen LogP contribution in [-0.4, -0.2) is 15.7 Å². The number of carbonyl (C=O) groups excluding carboxylic acids is 1. The molecule has 2 aromatic heterocycles. The van der Waals surface area contributed by atoms with Crippen molar-refractivity contribution in [2.45, 2.75) is 13.2 Å². The van der Waals surface area contributed by atoms with E-state index in [1.807, 2.05) is 24.3 Å². The highest BCUT2D eigenvalue weighted by molar-refractivity contribution is 9.10. The summed E-state index contributed by atoms with van der Waals surface area (Å²) < 4.78 is 27.6. The molecule has 0 saturated heterocycles. The van der Waals surface area contributed by atoms with E-state index in [2.05, 4.69) is 26.3 Å². The number of nitrogens with zero attached hydrogens (tertiary/aromatic N) is 2. The van der Waals surface area contributed by atoms with Crippen molar-refractivity contribution in [3.63, 3.8) is 0 Å². The number of hydrogen-bond acceptors (Lipinski definition) is 4. The van der Waals surface area contributed by atoms with Gasteiger partial charge in [-0.2, -0.15) is 5.10 Å². The minimum absolute atomic E-state index is 0.126. The highest BCUT2D eigenvalue weighted by Crippen LogP contribution is 2.21. The van der Waals surface area contributed by atoms with Gasteiger partial charge in [-0.3, -0.25) is 9.48 Å². The van der Waals surface area contributed by atoms with Crippen LogP contribution < -0.4 is 10.1 Å². The second-order valence-corrected chi connectivity index (χ2v) is 7.88. The van der Waals surface area contributed by atoms with Gasteiger partial charge in [-0.1, -0.05) is 33.6 Å². The van der Waals surface area contributed by atoms with E-state index in [0.717, 1.165) is 4.47 Å². The maximum Gasteiger partial charge on any atom is 0.292 e. The molecule has 9 heteroatoms. The van der Waals surface area contributed by atoms with Crippen molar-refractivity contribution in [2.24, 2.45) is 0 Å². The van der Waals surface area contributed by atoms with Crippen molar-refractivity contribution >= 4 is 39.3 Å². The molecule has 0 atom stereocenters. The Morgan fingerprint density at radius 1 is 1.16 bits per heavy atom. The predicted octanol–water partition coefficient (Wildman–Crippen LogP) is 5.91. The van der Waals surface area contributed by atoms with Crippen LogP contribution in [0, 0.1) is 5.82 Å². The van der Waals surface area contributed by atoms with Gasteiger partial charge < -0.3 is 14.5 Å². The third-order valence-corrected chi connectivity index (χ3v) is 5.23. The molecule has 4 rings (SSSR count). The maximum atomic E-state index is 13.9. The summed E-state index contributed by atoms with van der Waals surface area (Å²) in [5.41, 5.74) is 0.326. The first-order chi connectivity index (χ1) is 15.0. The summed E-state index contributed by atoms with van der Waals surface area (Å²) in [6.07, 6.45) is 1.62. The van der Waals surface area contributed by atoms with Crippen molar-refractivity contribution in [1.82, 2.24) is 9.78 Å². The standard InChI is InChI=1S/C22H16BrClFN3O3/c23-14-4-6-15(7-5-14)30-13-16-8-9-20(31-16)22(29)26-21-10-11-28(27-21)12-17-18(24)2-1-3-19(17)25/h1-11H,12-13H2,(H,26,27,29). The number of nitrogens with one attached hydrogen (secondary N) is 1. The van der Waals surface area contributed by atoms with Gasteiger partial charge in [0.05, 0.1) is 6.54 Å². The van der Waals surface area contributed by atoms with Gasteiger partial charge in [0.15, 0.2) is 11.6 Å². The van der Waals surface area contributed by atoms with Crippen LogP contribution in [0.25, 0.3) is 0 Å². The summed E-state index contributed by atoms with van der Waals surface area (Å²) in [6, 6.07) is 16.7. The fourth-order valence-corrected chi connectivity index (χ4v) is 3.29. The first-order valence-electron chi connectivity index (χ1n) is 9.23. The molecular formula is C22H16BrClFN3O3. The molecule has 0 aliphatic rings. The Bertz CT molecular complexity index is 1190. The van der Waals surface area contributed by atoms with Crippen LogP contribution in [0.2, 0.25) is 5.02 Å². The molecule has 1 amide bonds. The molecule has 2 heterocycles. The summed E-state index contributed by atoms with van der Waals surface area (Å²) in [6.45, 7) is 0.326. The fraction of sp³-hybridized carbons (Fsp3) is 0.0909. The van der Waals surface area contributed by atoms with Crippen LogP contribution in [0.5, 0.6) is 5.75 Å². The van der Waals surface area contributed by atoms with E-state index >= 15 is 0 Å². The quantitative estimate of drug-likeness (QED) is 0.340. The van der Waals surface area contributed by atoms with Crippen molar-refractivity contribution < 1.29 is 18.3 Å². The van der Waals surface area contributed by atoms with Crippen molar-refractivity contribution in [3.05, 3.63) is 99.3 Å². The Hall–Kier alpha value is -3.10. The van der Waals surface area contributed by atoms with E-state index in [9.17, 15) is 9.18 Å². The van der Waals surface area contributed by atoms with Gasteiger partial charge in [-0.25, -0.2) is 4.39 Å². The number of carbonyl (C=O) groups is 1. The minimum Gasteiger partial charge on any atom is -0.486 e. The van der Waals surface area contributed by atoms with E-state index < -0.39 is 11.7 Å². The molecule has 0 unspecified atom stereocenters. The SMILES string of the molecule is O=C(Nc1ccn(Cc2c(F)cccc2Cl)n1)c1ccc(COc2ccc(Br)cc2)o1. The number of anilines is 1. The zero-order valence-corrected chi connectivity index (χ0v) is 18.4. The Labute approximate surface area is 190 Å². The lowest BCUT2D eigenvalue weighted by Crippen LogP contribution is -2.12. The molecule has 6 nitrogen and oxygen atoms in total. The summed E-state index contributed by atoms with van der Waals surface area (Å²) >= 11 is 9.41. The molecular weight excluding hydrogens is 489 g/mol. The van der Waals surface area contributed by atoms with E-state index in [1.54, 1.807) is 30.5 Å². The molecule has 0 radical (unpaired) electrons. The number of halogens is 3. The molecule has 0 spiro atoms. The Morgan fingerprint density at radius 3 is 2.74 bits per heavy atom. The van der Waals surface area contributed by atoms with Crippen molar-refractivity contribution in [2.75, 3.05) is 5.32 Å². The van der Waals surface area contributed by atoms with Gasteiger partial charge in [0.2, 0.25) is 0 Å². The Balaban J connectivity index is 1.35. The monoisotopic (exact) mass is 503 g/mol. The van der Waals surface area contributed by atoms with Crippen LogP contribution in [-0.2, 0) is 13.2 Å². The molecule has 0 fully saturated rings. The number of amides is 1. The third kappa shape index (κ3) is 5.34. The highest BCUT2D eigenvalue weighted by atomic mass is 79.9. The van der Waals surface area contributed by atoms with E-state index in [0.29, 0.717) is 27.9 Å². The van der Waals surface area contributed by atoms with Gasteiger partial charge in [-0.05, 0) is 48.5 Å². The molecule has 1 N–H and O–H groups in total.